The summed E-state index contributed by atoms with van der Waals surface area (Å²) in [6.07, 6.45) is -1.38. The lowest BCUT2D eigenvalue weighted by molar-refractivity contribution is -0.137. The fourth-order valence-corrected chi connectivity index (χ4v) is 4.55. The van der Waals surface area contributed by atoms with E-state index in [1.54, 1.807) is 12.1 Å². The molecule has 0 bridgehead atoms. The molecule has 3 aromatic rings. The monoisotopic (exact) mass is 459 g/mol. The molecule has 1 aliphatic heterocycles. The Morgan fingerprint density at radius 3 is 2.18 bits per heavy atom. The van der Waals surface area contributed by atoms with Crippen LogP contribution in [0.5, 0.6) is 0 Å². The average Bonchev–Trinajstić information content (AvgIpc) is 2.85. The lowest BCUT2D eigenvalue weighted by atomic mass is 9.90. The van der Waals surface area contributed by atoms with Crippen LogP contribution >= 0.6 is 0 Å². The van der Waals surface area contributed by atoms with Gasteiger partial charge in [0.2, 0.25) is 0 Å². The third-order valence-corrected chi connectivity index (χ3v) is 6.25. The van der Waals surface area contributed by atoms with Crippen molar-refractivity contribution >= 4 is 0 Å². The summed E-state index contributed by atoms with van der Waals surface area (Å²) in [6.45, 7) is 6.65. The maximum Gasteiger partial charge on any atom is 0.416 e. The van der Waals surface area contributed by atoms with Gasteiger partial charge in [-0.05, 0) is 59.7 Å². The van der Waals surface area contributed by atoms with E-state index >= 15 is 0 Å². The van der Waals surface area contributed by atoms with Gasteiger partial charge in [0.15, 0.2) is 0 Å². The van der Waals surface area contributed by atoms with E-state index in [9.17, 15) is 13.2 Å². The highest BCUT2D eigenvalue weighted by Gasteiger charge is 2.33. The van der Waals surface area contributed by atoms with Crippen LogP contribution in [0.4, 0.5) is 13.2 Å². The molecular weight excluding hydrogens is 431 g/mol. The van der Waals surface area contributed by atoms with Gasteiger partial charge in [-0.3, -0.25) is 4.90 Å². The molecule has 1 aliphatic rings. The summed E-state index contributed by atoms with van der Waals surface area (Å²) in [5.74, 6) is 6.55. The van der Waals surface area contributed by atoms with E-state index in [0.717, 1.165) is 53.6 Å². The molecule has 0 saturated carbocycles. The van der Waals surface area contributed by atoms with Crippen LogP contribution in [-0.2, 0) is 6.18 Å². The van der Waals surface area contributed by atoms with Gasteiger partial charge in [-0.15, -0.1) is 0 Å². The fraction of sp³-hybridized carbons (Fsp3) is 0.267. The second kappa shape index (κ2) is 10.3. The summed E-state index contributed by atoms with van der Waals surface area (Å²) in [7, 11) is 0. The van der Waals surface area contributed by atoms with E-state index in [4.69, 9.17) is 0 Å². The van der Waals surface area contributed by atoms with Gasteiger partial charge >= 0.3 is 6.18 Å². The van der Waals surface area contributed by atoms with Crippen LogP contribution in [0.15, 0.2) is 91.0 Å². The van der Waals surface area contributed by atoms with Crippen LogP contribution in [-0.4, -0.2) is 11.4 Å². The van der Waals surface area contributed by atoms with Crippen molar-refractivity contribution in [1.82, 2.24) is 4.90 Å². The lowest BCUT2D eigenvalue weighted by Gasteiger charge is -2.40. The molecular formula is C30H28F3N. The lowest BCUT2D eigenvalue weighted by Crippen LogP contribution is -2.36. The van der Waals surface area contributed by atoms with Gasteiger partial charge in [-0.1, -0.05) is 91.6 Å². The molecule has 0 N–H and O–H groups in total. The Balaban J connectivity index is 1.68. The predicted octanol–water partition coefficient (Wildman–Crippen LogP) is 8.22. The first-order chi connectivity index (χ1) is 16.3. The minimum absolute atomic E-state index is 0.00857. The first kappa shape index (κ1) is 23.9. The van der Waals surface area contributed by atoms with Crippen LogP contribution in [0.1, 0.15) is 55.0 Å². The summed E-state index contributed by atoms with van der Waals surface area (Å²) in [5.41, 5.74) is 4.43. The number of piperidine rings is 1. The molecule has 4 heteroatoms. The number of rotatable bonds is 4. The Kier molecular flexibility index (Phi) is 7.24. The minimum Gasteiger partial charge on any atom is -0.279 e. The Morgan fingerprint density at radius 2 is 1.56 bits per heavy atom. The quantitative estimate of drug-likeness (QED) is 0.355. The van der Waals surface area contributed by atoms with E-state index < -0.39 is 11.7 Å². The van der Waals surface area contributed by atoms with Crippen molar-refractivity contribution in [2.75, 3.05) is 6.54 Å². The zero-order valence-corrected chi connectivity index (χ0v) is 19.3. The van der Waals surface area contributed by atoms with Gasteiger partial charge in [0.25, 0.3) is 0 Å². The van der Waals surface area contributed by atoms with Crippen molar-refractivity contribution in [1.29, 1.82) is 0 Å². The maximum atomic E-state index is 13.1. The molecule has 1 fully saturated rings. The summed E-state index contributed by atoms with van der Waals surface area (Å²) in [6, 6.07) is 24.1. The third-order valence-electron chi connectivity index (χ3n) is 6.25. The Hall–Kier alpha value is -3.29. The van der Waals surface area contributed by atoms with Crippen molar-refractivity contribution in [3.05, 3.63) is 108 Å². The van der Waals surface area contributed by atoms with Gasteiger partial charge in [-0.25, -0.2) is 0 Å². The van der Waals surface area contributed by atoms with Crippen molar-refractivity contribution in [3.8, 4) is 23.0 Å². The van der Waals surface area contributed by atoms with Gasteiger partial charge in [0, 0.05) is 12.6 Å². The molecule has 34 heavy (non-hydrogen) atoms. The number of hydrogen-bond acceptors (Lipinski definition) is 1. The zero-order valence-electron chi connectivity index (χ0n) is 19.3. The van der Waals surface area contributed by atoms with E-state index in [1.807, 2.05) is 25.1 Å². The van der Waals surface area contributed by atoms with E-state index in [0.29, 0.717) is 0 Å². The molecule has 0 spiro atoms. The first-order valence-electron chi connectivity index (χ1n) is 11.6. The molecule has 1 nitrogen and oxygen atoms in total. The number of alkyl halides is 3. The molecule has 0 aliphatic carbocycles. The number of likely N-dealkylation sites (tertiary alicyclic amines) is 1. The molecule has 4 rings (SSSR count). The second-order valence-corrected chi connectivity index (χ2v) is 8.81. The van der Waals surface area contributed by atoms with E-state index in [-0.39, 0.29) is 12.1 Å². The second-order valence-electron chi connectivity index (χ2n) is 8.81. The highest BCUT2D eigenvalue weighted by molar-refractivity contribution is 5.63. The maximum absolute atomic E-state index is 13.1. The summed E-state index contributed by atoms with van der Waals surface area (Å²) in [5, 5.41) is 0. The highest BCUT2D eigenvalue weighted by Crippen LogP contribution is 2.39. The minimum atomic E-state index is -4.33. The van der Waals surface area contributed by atoms with Crippen molar-refractivity contribution < 1.29 is 13.2 Å². The molecule has 3 aromatic carbocycles. The van der Waals surface area contributed by atoms with Crippen LogP contribution in [0.3, 0.4) is 0 Å². The topological polar surface area (TPSA) is 3.24 Å². The summed E-state index contributed by atoms with van der Waals surface area (Å²) >= 11 is 0. The highest BCUT2D eigenvalue weighted by atomic mass is 19.4. The van der Waals surface area contributed by atoms with Crippen molar-refractivity contribution in [2.24, 2.45) is 0 Å². The molecule has 174 valence electrons. The molecule has 0 radical (unpaired) electrons. The Labute approximate surface area is 199 Å². The van der Waals surface area contributed by atoms with Gasteiger partial charge in [0.1, 0.15) is 0 Å². The molecule has 2 atom stereocenters. The Bertz CT molecular complexity index is 1170. The average molecular weight is 460 g/mol. The SMILES string of the molecule is C=C(C)C#C[C@H](c1ccc(-c2ccccc2)cc1)N1CCCC[C@H]1c1ccc(C(F)(F)F)cc1. The van der Waals surface area contributed by atoms with Gasteiger partial charge in [0.05, 0.1) is 11.6 Å². The fourth-order valence-electron chi connectivity index (χ4n) is 4.55. The first-order valence-corrected chi connectivity index (χ1v) is 11.6. The van der Waals surface area contributed by atoms with Crippen LogP contribution in [0.2, 0.25) is 0 Å². The molecule has 0 amide bonds. The standard InChI is InChI=1S/C30H28F3N/c1-22(2)11-20-29(25-14-12-24(13-15-25)23-8-4-3-5-9-23)34-21-7-6-10-28(34)26-16-18-27(19-17-26)30(31,32)33/h3-5,8-9,12-19,28-29H,1,6-7,10,21H2,2H3/t28-,29+/m0/s1. The number of allylic oxidation sites excluding steroid dienone is 1. The summed E-state index contributed by atoms with van der Waals surface area (Å²) in [4.78, 5) is 2.33. The van der Waals surface area contributed by atoms with Gasteiger partial charge in [-0.2, -0.15) is 13.2 Å². The smallest absolute Gasteiger partial charge is 0.279 e. The molecule has 1 saturated heterocycles. The van der Waals surface area contributed by atoms with Crippen molar-refractivity contribution in [2.45, 2.75) is 44.4 Å². The number of benzene rings is 3. The number of nitrogens with zero attached hydrogens (tertiary/aromatic N) is 1. The van der Waals surface area contributed by atoms with E-state index in [2.05, 4.69) is 59.7 Å². The van der Waals surface area contributed by atoms with Crippen molar-refractivity contribution in [3.63, 3.8) is 0 Å². The van der Waals surface area contributed by atoms with Crippen LogP contribution < -0.4 is 0 Å². The zero-order chi connectivity index (χ0) is 24.1. The van der Waals surface area contributed by atoms with Crippen LogP contribution in [0, 0.1) is 11.8 Å². The molecule has 0 aromatic heterocycles. The number of hydrogen-bond donors (Lipinski definition) is 0. The van der Waals surface area contributed by atoms with Gasteiger partial charge < -0.3 is 0 Å². The Morgan fingerprint density at radius 1 is 0.912 bits per heavy atom. The van der Waals surface area contributed by atoms with Crippen LogP contribution in [0.25, 0.3) is 11.1 Å². The summed E-state index contributed by atoms with van der Waals surface area (Å²) < 4.78 is 39.2. The number of halogens is 3. The van der Waals surface area contributed by atoms with E-state index in [1.165, 1.54) is 12.1 Å². The predicted molar refractivity (Wildman–Crippen MR) is 132 cm³/mol. The molecule has 0 unspecified atom stereocenters. The normalized spacial score (nSPS) is 17.5. The largest absolute Gasteiger partial charge is 0.416 e. The molecule has 1 heterocycles. The third kappa shape index (κ3) is 5.61.